The van der Waals surface area contributed by atoms with Gasteiger partial charge in [0.1, 0.15) is 0 Å². The Bertz CT molecular complexity index is 805. The standard InChI is InChI=1S/C18H20N3P.HNO2.Ru/c19-17-13-7-8-14-18(17)22(20,21,15-9-3-1-4-10-15)16-11-5-2-6-12-16;2-1-3;/h1-14H,19-21H2;(H,2,3);. The van der Waals surface area contributed by atoms with Crippen LogP contribution in [0.25, 0.3) is 0 Å². The molecule has 26 heavy (non-hydrogen) atoms. The summed E-state index contributed by atoms with van der Waals surface area (Å²) >= 11 is 0. The molecule has 7 N–H and O–H groups in total. The monoisotopic (exact) mass is 458 g/mol. The van der Waals surface area contributed by atoms with E-state index in [-0.39, 0.29) is 19.5 Å². The summed E-state index contributed by atoms with van der Waals surface area (Å²) in [6.07, 6.45) is 0. The quantitative estimate of drug-likeness (QED) is 0.157. The van der Waals surface area contributed by atoms with Gasteiger partial charge in [0.05, 0.1) is 0 Å². The van der Waals surface area contributed by atoms with Crippen molar-refractivity contribution in [1.82, 2.24) is 0 Å². The Labute approximate surface area is 165 Å². The predicted octanol–water partition coefficient (Wildman–Crippen LogP) is 1.99. The molecular formula is C18H21N4O2PRu. The average molecular weight is 457 g/mol. The second-order valence-electron chi connectivity index (χ2n) is 5.57. The van der Waals surface area contributed by atoms with E-state index in [0.717, 1.165) is 15.9 Å². The molecule has 0 bridgehead atoms. The van der Waals surface area contributed by atoms with E-state index in [4.69, 9.17) is 26.9 Å². The van der Waals surface area contributed by atoms with Crippen LogP contribution in [-0.4, -0.2) is 5.21 Å². The summed E-state index contributed by atoms with van der Waals surface area (Å²) in [6.45, 7) is -3.55. The molecule has 3 aromatic carbocycles. The largest absolute Gasteiger partial charge is 0.379 e. The van der Waals surface area contributed by atoms with Crippen molar-refractivity contribution in [2.75, 3.05) is 5.73 Å². The predicted molar refractivity (Wildman–Crippen MR) is 106 cm³/mol. The second-order valence-corrected chi connectivity index (χ2v) is 9.60. The van der Waals surface area contributed by atoms with E-state index in [9.17, 15) is 0 Å². The van der Waals surface area contributed by atoms with Gasteiger partial charge in [0.15, 0.2) is 5.34 Å². The third kappa shape index (κ3) is 3.97. The number of nitrogen functional groups attached to an aromatic ring is 1. The summed E-state index contributed by atoms with van der Waals surface area (Å²) in [6, 6.07) is 27.3. The maximum absolute atomic E-state index is 8.11. The van der Waals surface area contributed by atoms with E-state index in [1.54, 1.807) is 0 Å². The van der Waals surface area contributed by atoms with E-state index >= 15 is 0 Å². The maximum Gasteiger partial charge on any atom is 0.152 e. The molecule has 0 saturated carbocycles. The second kappa shape index (κ2) is 8.97. The SMILES string of the molecule is Nc1ccccc1P(N)(N)(c1ccccc1)c1ccccc1.O=NO.[Ru]. The topological polar surface area (TPSA) is 128 Å². The number of nitrogens with two attached hydrogens (primary N) is 3. The number of anilines is 1. The molecule has 0 aliphatic heterocycles. The van der Waals surface area contributed by atoms with Gasteiger partial charge in [0, 0.05) is 19.5 Å². The van der Waals surface area contributed by atoms with Crippen LogP contribution >= 0.6 is 6.90 Å². The molecular weight excluding hydrogens is 436 g/mol. The Balaban J connectivity index is 0.000000791. The molecule has 0 spiro atoms. The van der Waals surface area contributed by atoms with E-state index in [1.165, 1.54) is 5.34 Å². The summed E-state index contributed by atoms with van der Waals surface area (Å²) in [5, 5.41) is 10.5. The van der Waals surface area contributed by atoms with Crippen molar-refractivity contribution in [3.05, 3.63) is 89.8 Å². The number of benzene rings is 3. The summed E-state index contributed by atoms with van der Waals surface area (Å²) < 4.78 is 0. The van der Waals surface area contributed by atoms with Crippen molar-refractivity contribution in [2.24, 2.45) is 16.3 Å². The van der Waals surface area contributed by atoms with E-state index in [0.29, 0.717) is 5.69 Å². The van der Waals surface area contributed by atoms with Crippen molar-refractivity contribution in [2.45, 2.75) is 0 Å². The molecule has 0 amide bonds. The zero-order valence-corrected chi connectivity index (χ0v) is 16.6. The molecule has 0 aliphatic rings. The fourth-order valence-electron chi connectivity index (χ4n) is 2.85. The van der Waals surface area contributed by atoms with Gasteiger partial charge in [-0.15, -0.1) is 4.91 Å². The first-order valence-corrected chi connectivity index (χ1v) is 9.88. The van der Waals surface area contributed by atoms with Crippen LogP contribution in [0.4, 0.5) is 5.69 Å². The van der Waals surface area contributed by atoms with E-state index in [2.05, 4.69) is 0 Å². The zero-order chi connectivity index (χ0) is 18.4. The average Bonchev–Trinajstić information content (AvgIpc) is 2.64. The minimum absolute atomic E-state index is 0. The van der Waals surface area contributed by atoms with Crippen molar-refractivity contribution in [3.63, 3.8) is 0 Å². The van der Waals surface area contributed by atoms with Gasteiger partial charge in [0.2, 0.25) is 0 Å². The van der Waals surface area contributed by atoms with Crippen molar-refractivity contribution < 1.29 is 24.7 Å². The zero-order valence-electron chi connectivity index (χ0n) is 13.9. The summed E-state index contributed by atoms with van der Waals surface area (Å²) in [5.41, 5.74) is 20.9. The van der Waals surface area contributed by atoms with Gasteiger partial charge in [-0.05, 0) is 0 Å². The first-order chi connectivity index (χ1) is 11.9. The fourth-order valence-corrected chi connectivity index (χ4v) is 6.37. The maximum atomic E-state index is 8.11. The first kappa shape index (κ1) is 21.9. The molecule has 0 saturated heterocycles. The van der Waals surface area contributed by atoms with Gasteiger partial charge in [-0.3, -0.25) is 0 Å². The summed E-state index contributed by atoms with van der Waals surface area (Å²) in [7, 11) is 0. The minimum Gasteiger partial charge on any atom is -0.379 e. The van der Waals surface area contributed by atoms with Gasteiger partial charge in [0.25, 0.3) is 0 Å². The Morgan fingerprint density at radius 1 is 0.731 bits per heavy atom. The van der Waals surface area contributed by atoms with E-state index < -0.39 is 6.90 Å². The third-order valence-corrected chi connectivity index (χ3v) is 8.35. The van der Waals surface area contributed by atoms with E-state index in [1.807, 2.05) is 84.9 Å². The van der Waals surface area contributed by atoms with Crippen LogP contribution in [-0.2, 0) is 19.5 Å². The van der Waals surface area contributed by atoms with Gasteiger partial charge in [-0.2, -0.15) is 0 Å². The van der Waals surface area contributed by atoms with Crippen LogP contribution in [0, 0.1) is 4.91 Å². The van der Waals surface area contributed by atoms with Gasteiger partial charge >= 0.3 is 130 Å². The summed E-state index contributed by atoms with van der Waals surface area (Å²) in [5.74, 6) is 0. The Hall–Kier alpha value is -2.17. The molecule has 0 aliphatic carbocycles. The molecule has 8 heteroatoms. The number of rotatable bonds is 3. The molecule has 138 valence electrons. The molecule has 0 radical (unpaired) electrons. The third-order valence-electron chi connectivity index (χ3n) is 4.08. The Morgan fingerprint density at radius 3 is 1.46 bits per heavy atom. The first-order valence-electron chi connectivity index (χ1n) is 7.51. The van der Waals surface area contributed by atoms with Crippen LogP contribution in [0.15, 0.2) is 90.3 Å². The number of nitrogens with zero attached hydrogens (tertiary/aromatic N) is 1. The molecule has 0 aromatic heterocycles. The molecule has 0 fully saturated rings. The normalized spacial score (nSPS) is 11.7. The van der Waals surface area contributed by atoms with Crippen LogP contribution in [0.2, 0.25) is 0 Å². The van der Waals surface area contributed by atoms with Crippen molar-refractivity contribution in [3.8, 4) is 0 Å². The van der Waals surface area contributed by atoms with Crippen LogP contribution in [0.5, 0.6) is 0 Å². The molecule has 0 unspecified atom stereocenters. The molecule has 3 aromatic rings. The molecule has 3 rings (SSSR count). The van der Waals surface area contributed by atoms with Crippen LogP contribution < -0.4 is 32.7 Å². The van der Waals surface area contributed by atoms with Crippen LogP contribution in [0.1, 0.15) is 0 Å². The molecule has 6 nitrogen and oxygen atoms in total. The molecule has 0 atom stereocenters. The number of hydrogen-bond donors (Lipinski definition) is 4. The van der Waals surface area contributed by atoms with Gasteiger partial charge in [-0.25, -0.2) is 0 Å². The Kier molecular flexibility index (Phi) is 7.55. The van der Waals surface area contributed by atoms with Crippen molar-refractivity contribution >= 4 is 28.5 Å². The Morgan fingerprint density at radius 2 is 1.08 bits per heavy atom. The minimum atomic E-state index is -3.55. The van der Waals surface area contributed by atoms with Gasteiger partial charge in [-0.1, -0.05) is 0 Å². The molecule has 0 heterocycles. The number of para-hydroxylation sites is 1. The van der Waals surface area contributed by atoms with Crippen molar-refractivity contribution in [1.29, 1.82) is 0 Å². The van der Waals surface area contributed by atoms with Gasteiger partial charge < -0.3 is 5.21 Å². The fraction of sp³-hybridized carbons (Fsp3) is 0. The van der Waals surface area contributed by atoms with Crippen LogP contribution in [0.3, 0.4) is 0 Å². The smallest absolute Gasteiger partial charge is 0.152 e. The number of hydrogen-bond acceptors (Lipinski definition) is 5. The summed E-state index contributed by atoms with van der Waals surface area (Å²) in [4.78, 5) is 8.11.